The van der Waals surface area contributed by atoms with Crippen molar-refractivity contribution in [3.8, 4) is 0 Å². The Hall–Kier alpha value is -1.64. The number of rotatable bonds is 5. The van der Waals surface area contributed by atoms with Gasteiger partial charge in [0.05, 0.1) is 12.0 Å². The maximum atomic E-state index is 14.2. The van der Waals surface area contributed by atoms with Gasteiger partial charge < -0.3 is 4.74 Å². The van der Waals surface area contributed by atoms with E-state index in [9.17, 15) is 9.59 Å². The second-order valence-corrected chi connectivity index (χ2v) is 8.76. The average molecular weight is 371 g/mol. The fraction of sp³-hybridized carbons (Fsp3) is 0.667. The van der Waals surface area contributed by atoms with Gasteiger partial charge in [-0.25, -0.2) is 0 Å². The summed E-state index contributed by atoms with van der Waals surface area (Å²) in [5, 5.41) is 0. The van der Waals surface area contributed by atoms with Crippen molar-refractivity contribution in [3.63, 3.8) is 0 Å². The van der Waals surface area contributed by atoms with Gasteiger partial charge in [-0.05, 0) is 70.1 Å². The van der Waals surface area contributed by atoms with Crippen molar-refractivity contribution in [2.75, 3.05) is 6.61 Å². The molecule has 0 radical (unpaired) electrons. The minimum Gasteiger partial charge on any atom is -0.465 e. The van der Waals surface area contributed by atoms with E-state index in [-0.39, 0.29) is 11.8 Å². The highest BCUT2D eigenvalue weighted by atomic mass is 16.5. The Bertz CT molecular complexity index is 696. The predicted octanol–water partition coefficient (Wildman–Crippen LogP) is 5.51. The summed E-state index contributed by atoms with van der Waals surface area (Å²) in [7, 11) is 0. The van der Waals surface area contributed by atoms with Gasteiger partial charge in [0.25, 0.3) is 0 Å². The van der Waals surface area contributed by atoms with Gasteiger partial charge in [0.1, 0.15) is 5.41 Å². The van der Waals surface area contributed by atoms with E-state index in [1.165, 1.54) is 22.3 Å². The summed E-state index contributed by atoms with van der Waals surface area (Å²) in [4.78, 5) is 27.3. The topological polar surface area (TPSA) is 43.4 Å². The SMILES string of the molecule is CCOC(=O)C1(C(=O)C2(c3c(C)cc(C)cc3C)CCCC2)CCCCC1. The fourth-order valence-electron chi connectivity index (χ4n) is 5.91. The maximum Gasteiger partial charge on any atom is 0.319 e. The Balaban J connectivity index is 2.13. The molecule has 3 heteroatoms. The first-order valence-electron chi connectivity index (χ1n) is 10.7. The lowest BCUT2D eigenvalue weighted by atomic mass is 9.59. The van der Waals surface area contributed by atoms with Crippen LogP contribution in [-0.4, -0.2) is 18.4 Å². The molecular formula is C24H34O3. The molecule has 3 nitrogen and oxygen atoms in total. The first kappa shape index (κ1) is 20.1. The van der Waals surface area contributed by atoms with Crippen LogP contribution >= 0.6 is 0 Å². The Labute approximate surface area is 163 Å². The summed E-state index contributed by atoms with van der Waals surface area (Å²) < 4.78 is 5.47. The molecule has 0 aromatic heterocycles. The van der Waals surface area contributed by atoms with E-state index in [0.717, 1.165) is 44.9 Å². The number of hydrogen-bond acceptors (Lipinski definition) is 3. The highest BCUT2D eigenvalue weighted by Crippen LogP contribution is 2.52. The number of ether oxygens (including phenoxy) is 1. The monoisotopic (exact) mass is 370 g/mol. The van der Waals surface area contributed by atoms with Crippen molar-refractivity contribution in [3.05, 3.63) is 34.4 Å². The lowest BCUT2D eigenvalue weighted by Crippen LogP contribution is -2.51. The van der Waals surface area contributed by atoms with Crippen molar-refractivity contribution in [2.45, 2.75) is 90.9 Å². The number of hydrogen-bond donors (Lipinski definition) is 0. The van der Waals surface area contributed by atoms with Gasteiger partial charge in [-0.15, -0.1) is 0 Å². The molecule has 1 aromatic rings. The van der Waals surface area contributed by atoms with Gasteiger partial charge in [-0.3, -0.25) is 9.59 Å². The van der Waals surface area contributed by atoms with E-state index >= 15 is 0 Å². The second kappa shape index (κ2) is 7.77. The highest BCUT2D eigenvalue weighted by Gasteiger charge is 2.57. The molecule has 0 spiro atoms. The number of esters is 1. The summed E-state index contributed by atoms with van der Waals surface area (Å²) in [6, 6.07) is 4.38. The number of carbonyl (C=O) groups excluding carboxylic acids is 2. The number of benzene rings is 1. The predicted molar refractivity (Wildman–Crippen MR) is 108 cm³/mol. The molecule has 2 fully saturated rings. The molecule has 0 bridgehead atoms. The van der Waals surface area contributed by atoms with Crippen molar-refractivity contribution >= 4 is 11.8 Å². The van der Waals surface area contributed by atoms with Crippen LogP contribution < -0.4 is 0 Å². The van der Waals surface area contributed by atoms with Gasteiger partial charge in [0.15, 0.2) is 5.78 Å². The van der Waals surface area contributed by atoms with E-state index in [2.05, 4.69) is 32.9 Å². The van der Waals surface area contributed by atoms with Gasteiger partial charge in [0.2, 0.25) is 0 Å². The summed E-state index contributed by atoms with van der Waals surface area (Å²) >= 11 is 0. The quantitative estimate of drug-likeness (QED) is 0.507. The largest absolute Gasteiger partial charge is 0.465 e. The highest BCUT2D eigenvalue weighted by molar-refractivity contribution is 6.09. The molecule has 0 unspecified atom stereocenters. The second-order valence-electron chi connectivity index (χ2n) is 8.76. The lowest BCUT2D eigenvalue weighted by Gasteiger charge is -2.42. The molecule has 2 aliphatic rings. The lowest BCUT2D eigenvalue weighted by molar-refractivity contribution is -0.164. The van der Waals surface area contributed by atoms with Crippen LogP contribution in [0.5, 0.6) is 0 Å². The Morgan fingerprint density at radius 2 is 1.41 bits per heavy atom. The Morgan fingerprint density at radius 1 is 0.889 bits per heavy atom. The van der Waals surface area contributed by atoms with E-state index < -0.39 is 10.8 Å². The molecule has 3 rings (SSSR count). The smallest absolute Gasteiger partial charge is 0.319 e. The van der Waals surface area contributed by atoms with Crippen LogP contribution in [0.25, 0.3) is 0 Å². The van der Waals surface area contributed by atoms with Crippen LogP contribution in [-0.2, 0) is 19.7 Å². The third-order valence-corrected chi connectivity index (χ3v) is 6.86. The van der Waals surface area contributed by atoms with E-state index in [0.29, 0.717) is 19.4 Å². The van der Waals surface area contributed by atoms with Crippen molar-refractivity contribution in [1.29, 1.82) is 0 Å². The van der Waals surface area contributed by atoms with Crippen LogP contribution in [0, 0.1) is 26.2 Å². The standard InChI is InChI=1S/C24H34O3/c1-5-27-22(26)24(13-7-6-8-14-24)21(25)23(11-9-10-12-23)20-18(3)15-17(2)16-19(20)4/h15-16H,5-14H2,1-4H3. The summed E-state index contributed by atoms with van der Waals surface area (Å²) in [6.45, 7) is 8.53. The van der Waals surface area contributed by atoms with E-state index in [4.69, 9.17) is 4.74 Å². The molecule has 0 saturated heterocycles. The summed E-state index contributed by atoms with van der Waals surface area (Å²) in [6.07, 6.45) is 8.10. The maximum absolute atomic E-state index is 14.2. The van der Waals surface area contributed by atoms with Gasteiger partial charge in [-0.1, -0.05) is 49.8 Å². The zero-order valence-corrected chi connectivity index (χ0v) is 17.5. The molecule has 0 heterocycles. The molecule has 0 atom stereocenters. The number of Topliss-reactive ketones (excluding diaryl/α,β-unsaturated/α-hetero) is 1. The number of ketones is 1. The zero-order chi connectivity index (χ0) is 19.7. The molecule has 2 saturated carbocycles. The van der Waals surface area contributed by atoms with Crippen LogP contribution in [0.4, 0.5) is 0 Å². The molecular weight excluding hydrogens is 336 g/mol. The van der Waals surface area contributed by atoms with Gasteiger partial charge in [-0.2, -0.15) is 0 Å². The molecule has 0 N–H and O–H groups in total. The third kappa shape index (κ3) is 3.34. The minimum absolute atomic E-state index is 0.153. The van der Waals surface area contributed by atoms with Crippen LogP contribution in [0.3, 0.4) is 0 Å². The normalized spacial score (nSPS) is 21.0. The summed E-state index contributed by atoms with van der Waals surface area (Å²) in [5.41, 5.74) is 3.33. The van der Waals surface area contributed by atoms with Gasteiger partial charge >= 0.3 is 5.97 Å². The van der Waals surface area contributed by atoms with Crippen LogP contribution in [0.2, 0.25) is 0 Å². The molecule has 148 valence electrons. The molecule has 0 aliphatic heterocycles. The number of aryl methyl sites for hydroxylation is 3. The molecule has 2 aliphatic carbocycles. The molecule has 27 heavy (non-hydrogen) atoms. The number of carbonyl (C=O) groups is 2. The van der Waals surface area contributed by atoms with Crippen LogP contribution in [0.15, 0.2) is 12.1 Å². The Morgan fingerprint density at radius 3 is 1.93 bits per heavy atom. The average Bonchev–Trinajstić information content (AvgIpc) is 3.11. The van der Waals surface area contributed by atoms with E-state index in [1.54, 1.807) is 0 Å². The van der Waals surface area contributed by atoms with Crippen molar-refractivity contribution in [1.82, 2.24) is 0 Å². The molecule has 0 amide bonds. The molecule has 1 aromatic carbocycles. The Kier molecular flexibility index (Phi) is 5.79. The van der Waals surface area contributed by atoms with Crippen molar-refractivity contribution in [2.24, 2.45) is 5.41 Å². The van der Waals surface area contributed by atoms with Gasteiger partial charge in [0, 0.05) is 0 Å². The first-order chi connectivity index (χ1) is 12.9. The fourth-order valence-corrected chi connectivity index (χ4v) is 5.91. The van der Waals surface area contributed by atoms with Crippen LogP contribution in [0.1, 0.15) is 87.0 Å². The summed E-state index contributed by atoms with van der Waals surface area (Å²) in [5.74, 6) is -0.121. The minimum atomic E-state index is -0.942. The van der Waals surface area contributed by atoms with E-state index in [1.807, 2.05) is 6.92 Å². The first-order valence-corrected chi connectivity index (χ1v) is 10.7. The third-order valence-electron chi connectivity index (χ3n) is 6.86. The zero-order valence-electron chi connectivity index (χ0n) is 17.5. The van der Waals surface area contributed by atoms with Crippen molar-refractivity contribution < 1.29 is 14.3 Å².